The van der Waals surface area contributed by atoms with Gasteiger partial charge >= 0.3 is 0 Å². The van der Waals surface area contributed by atoms with E-state index >= 15 is 0 Å². The first-order chi connectivity index (χ1) is 26.6. The number of aromatic nitrogens is 1. The van der Waals surface area contributed by atoms with Gasteiger partial charge in [-0.3, -0.25) is 0 Å². The molecule has 8 aromatic carbocycles. The van der Waals surface area contributed by atoms with E-state index in [0.717, 1.165) is 0 Å². The quantitative estimate of drug-likeness (QED) is 0.163. The Balaban J connectivity index is 0.000000137. The van der Waals surface area contributed by atoms with E-state index in [1.807, 2.05) is 6.07 Å². The Labute approximate surface area is 320 Å². The highest BCUT2D eigenvalue weighted by molar-refractivity contribution is 6.10. The molecule has 0 N–H and O–H groups in total. The molecule has 0 aliphatic heterocycles. The zero-order valence-corrected chi connectivity index (χ0v) is 31.5. The van der Waals surface area contributed by atoms with Crippen molar-refractivity contribution in [1.82, 2.24) is 4.57 Å². The van der Waals surface area contributed by atoms with Gasteiger partial charge in [0.2, 0.25) is 0 Å². The number of aryl methyl sites for hydroxylation is 3. The third-order valence-corrected chi connectivity index (χ3v) is 9.83. The fourth-order valence-corrected chi connectivity index (χ4v) is 6.91. The van der Waals surface area contributed by atoms with Gasteiger partial charge in [0.05, 0.1) is 11.0 Å². The molecule has 0 amide bonds. The highest BCUT2D eigenvalue weighted by Gasteiger charge is 2.12. The maximum absolute atomic E-state index is 2.35. The Hall–Kier alpha value is -6.44. The van der Waals surface area contributed by atoms with E-state index < -0.39 is 0 Å². The summed E-state index contributed by atoms with van der Waals surface area (Å²) >= 11 is 0. The first kappa shape index (κ1) is 35.9. The lowest BCUT2D eigenvalue weighted by atomic mass is 10.0. The number of rotatable bonds is 6. The Kier molecular flexibility index (Phi) is 11.6. The highest BCUT2D eigenvalue weighted by Crippen LogP contribution is 2.35. The fraction of sp³-hybridized carbons (Fsp3) is 0.0943. The van der Waals surface area contributed by atoms with E-state index in [4.69, 9.17) is 0 Å². The van der Waals surface area contributed by atoms with Gasteiger partial charge in [-0.1, -0.05) is 200 Å². The summed E-state index contributed by atoms with van der Waals surface area (Å²) in [6, 6.07) is 73.2. The molecule has 0 fully saturated rings. The number of hydrogen-bond donors (Lipinski definition) is 0. The second-order valence-corrected chi connectivity index (χ2v) is 13.8. The van der Waals surface area contributed by atoms with E-state index in [0.29, 0.717) is 0 Å². The molecule has 1 aromatic heterocycles. The largest absolute Gasteiger partial charge is 0.309 e. The number of nitrogens with zero attached hydrogens (tertiary/aromatic N) is 1. The van der Waals surface area contributed by atoms with Gasteiger partial charge in [0.15, 0.2) is 0 Å². The van der Waals surface area contributed by atoms with Crippen LogP contribution in [0.5, 0.6) is 0 Å². The average Bonchev–Trinajstić information content (AvgIpc) is 3.57. The van der Waals surface area contributed by atoms with Crippen LogP contribution in [0.15, 0.2) is 206 Å². The highest BCUT2D eigenvalue weighted by atomic mass is 15.0. The minimum Gasteiger partial charge on any atom is -0.309 e. The molecule has 1 nitrogen and oxygen atoms in total. The summed E-state index contributed by atoms with van der Waals surface area (Å²) < 4.78 is 2.35. The zero-order chi connectivity index (χ0) is 37.1. The normalized spacial score (nSPS) is 10.6. The lowest BCUT2D eigenvalue weighted by Gasteiger charge is -2.08. The summed E-state index contributed by atoms with van der Waals surface area (Å²) in [7, 11) is 0. The molecule has 0 aliphatic carbocycles. The van der Waals surface area contributed by atoms with Gasteiger partial charge in [0.25, 0.3) is 0 Å². The molecular formula is C53H47N. The number of para-hydroxylation sites is 2. The van der Waals surface area contributed by atoms with Crippen LogP contribution in [-0.2, 0) is 6.42 Å². The predicted octanol–water partition coefficient (Wildman–Crippen LogP) is 14.7. The summed E-state index contributed by atoms with van der Waals surface area (Å²) in [5.41, 5.74) is 15.4. The van der Waals surface area contributed by atoms with Crippen LogP contribution in [0.3, 0.4) is 0 Å². The topological polar surface area (TPSA) is 4.93 Å². The molecule has 0 unspecified atom stereocenters. The second-order valence-electron chi connectivity index (χ2n) is 13.8. The fourth-order valence-electron chi connectivity index (χ4n) is 6.91. The van der Waals surface area contributed by atoms with E-state index in [-0.39, 0.29) is 0 Å². The van der Waals surface area contributed by atoms with Crippen molar-refractivity contribution in [2.24, 2.45) is 0 Å². The van der Waals surface area contributed by atoms with Gasteiger partial charge in [-0.15, -0.1) is 0 Å². The molecule has 1 heteroatoms. The molecule has 0 spiro atoms. The van der Waals surface area contributed by atoms with Gasteiger partial charge in [0.1, 0.15) is 0 Å². The van der Waals surface area contributed by atoms with Crippen molar-refractivity contribution in [2.75, 3.05) is 0 Å². The zero-order valence-electron chi connectivity index (χ0n) is 31.5. The lowest BCUT2D eigenvalue weighted by molar-refractivity contribution is 0.922. The average molecular weight is 698 g/mol. The predicted molar refractivity (Wildman–Crippen MR) is 233 cm³/mol. The molecule has 264 valence electrons. The first-order valence-electron chi connectivity index (χ1n) is 19.0. The molecule has 54 heavy (non-hydrogen) atoms. The van der Waals surface area contributed by atoms with Crippen molar-refractivity contribution >= 4 is 21.8 Å². The van der Waals surface area contributed by atoms with E-state index in [2.05, 4.69) is 226 Å². The van der Waals surface area contributed by atoms with Gasteiger partial charge in [-0.05, 0) is 89.5 Å². The Morgan fingerprint density at radius 2 is 0.759 bits per heavy atom. The third-order valence-electron chi connectivity index (χ3n) is 9.83. The van der Waals surface area contributed by atoms with Gasteiger partial charge in [0, 0.05) is 16.5 Å². The molecule has 0 atom stereocenters. The van der Waals surface area contributed by atoms with Crippen LogP contribution in [0.25, 0.3) is 60.9 Å². The van der Waals surface area contributed by atoms with Crippen LogP contribution < -0.4 is 0 Å². The molecular weight excluding hydrogens is 651 g/mol. The minimum absolute atomic E-state index is 1.18. The van der Waals surface area contributed by atoms with Crippen molar-refractivity contribution in [3.05, 3.63) is 223 Å². The van der Waals surface area contributed by atoms with Crippen molar-refractivity contribution < 1.29 is 0 Å². The summed E-state index contributed by atoms with van der Waals surface area (Å²) in [5.74, 6) is 0. The van der Waals surface area contributed by atoms with Crippen molar-refractivity contribution in [2.45, 2.75) is 33.6 Å². The van der Waals surface area contributed by atoms with Gasteiger partial charge in [-0.25, -0.2) is 0 Å². The van der Waals surface area contributed by atoms with Crippen LogP contribution in [-0.4, -0.2) is 4.57 Å². The maximum Gasteiger partial charge on any atom is 0.0541 e. The molecule has 0 saturated heterocycles. The van der Waals surface area contributed by atoms with Gasteiger partial charge in [-0.2, -0.15) is 0 Å². The summed E-state index contributed by atoms with van der Waals surface area (Å²) in [6.45, 7) is 6.44. The monoisotopic (exact) mass is 697 g/mol. The van der Waals surface area contributed by atoms with Crippen LogP contribution in [0.1, 0.15) is 30.0 Å². The van der Waals surface area contributed by atoms with Crippen molar-refractivity contribution in [3.63, 3.8) is 0 Å². The minimum atomic E-state index is 1.18. The maximum atomic E-state index is 2.35. The standard InChI is InChI=1S/C25H19N.C15H16.C13H12/c1-18-11-13-19(14-12-18)20-15-16-25-23(17-20)22-9-5-6-10-24(22)26(25)21-7-3-2-4-8-21;1-2-6-13-9-11-15(12-10-13)14-7-4-3-5-8-14;1-11-7-9-13(10-8-11)12-5-3-2-4-6-12/h2-17H,1H3;3-5,7-12H,2,6H2,1H3;2-10H,1H3. The van der Waals surface area contributed by atoms with Crippen LogP contribution in [0.4, 0.5) is 0 Å². The molecule has 0 aliphatic rings. The Morgan fingerprint density at radius 1 is 0.352 bits per heavy atom. The van der Waals surface area contributed by atoms with E-state index in [9.17, 15) is 0 Å². The van der Waals surface area contributed by atoms with Crippen LogP contribution >= 0.6 is 0 Å². The summed E-state index contributed by atoms with van der Waals surface area (Å²) in [6.07, 6.45) is 2.39. The molecule has 0 radical (unpaired) electrons. The van der Waals surface area contributed by atoms with Crippen molar-refractivity contribution in [3.8, 4) is 39.1 Å². The molecule has 9 rings (SSSR count). The molecule has 9 aromatic rings. The summed E-state index contributed by atoms with van der Waals surface area (Å²) in [4.78, 5) is 0. The SMILES string of the molecule is CCCc1ccc(-c2ccccc2)cc1.Cc1ccc(-c2ccc3c(c2)c2ccccc2n3-c2ccccc2)cc1.Cc1ccc(-c2ccccc2)cc1. The third kappa shape index (κ3) is 8.60. The molecule has 1 heterocycles. The van der Waals surface area contributed by atoms with Gasteiger partial charge < -0.3 is 4.57 Å². The molecule has 0 bridgehead atoms. The Morgan fingerprint density at radius 3 is 1.30 bits per heavy atom. The van der Waals surface area contributed by atoms with Crippen LogP contribution in [0.2, 0.25) is 0 Å². The van der Waals surface area contributed by atoms with E-state index in [1.54, 1.807) is 0 Å². The Bertz CT molecular complexity index is 2510. The number of benzene rings is 8. The lowest BCUT2D eigenvalue weighted by Crippen LogP contribution is -1.92. The molecule has 0 saturated carbocycles. The smallest absolute Gasteiger partial charge is 0.0541 e. The van der Waals surface area contributed by atoms with Crippen LogP contribution in [0, 0.1) is 13.8 Å². The number of fused-ring (bicyclic) bond motifs is 3. The number of hydrogen-bond acceptors (Lipinski definition) is 0. The second kappa shape index (κ2) is 17.4. The van der Waals surface area contributed by atoms with Crippen molar-refractivity contribution in [1.29, 1.82) is 0 Å². The first-order valence-corrected chi connectivity index (χ1v) is 19.0. The van der Waals surface area contributed by atoms with E-state index in [1.165, 1.54) is 90.4 Å². The summed E-state index contributed by atoms with van der Waals surface area (Å²) in [5, 5.41) is 2.59.